The summed E-state index contributed by atoms with van der Waals surface area (Å²) in [6.45, 7) is 4.87. The summed E-state index contributed by atoms with van der Waals surface area (Å²) in [7, 11) is 0. The van der Waals surface area contributed by atoms with Gasteiger partial charge in [0.25, 0.3) is 0 Å². The third kappa shape index (κ3) is 4.55. The molecule has 9 nitrogen and oxygen atoms in total. The van der Waals surface area contributed by atoms with Crippen LogP contribution in [0.25, 0.3) is 11.2 Å². The van der Waals surface area contributed by atoms with Gasteiger partial charge in [0.2, 0.25) is 0 Å². The van der Waals surface area contributed by atoms with E-state index >= 15 is 0 Å². The van der Waals surface area contributed by atoms with Gasteiger partial charge in [0.15, 0.2) is 17.7 Å². The quantitative estimate of drug-likeness (QED) is 0.395. The minimum atomic E-state index is -0.777. The van der Waals surface area contributed by atoms with Gasteiger partial charge in [-0.05, 0) is 25.0 Å². The van der Waals surface area contributed by atoms with Crippen LogP contribution >= 0.6 is 0 Å². The molecule has 0 radical (unpaired) electrons. The molecule has 2 saturated heterocycles. The largest absolute Gasteiger partial charge is 0.397 e. The van der Waals surface area contributed by atoms with Crippen LogP contribution in [0.2, 0.25) is 0 Å². The number of imidazole rings is 1. The molecule has 2 aliphatic heterocycles. The first kappa shape index (κ1) is 23.9. The summed E-state index contributed by atoms with van der Waals surface area (Å²) in [5.41, 5.74) is 10.6. The highest BCUT2D eigenvalue weighted by molar-refractivity contribution is 5.86. The first-order valence-electron chi connectivity index (χ1n) is 12.5. The number of benzene rings is 2. The third-order valence-electron chi connectivity index (χ3n) is 6.88. The Hall–Kier alpha value is -3.50. The van der Waals surface area contributed by atoms with Crippen LogP contribution in [0.15, 0.2) is 73.1 Å². The van der Waals surface area contributed by atoms with Crippen molar-refractivity contribution in [2.75, 3.05) is 17.2 Å². The van der Waals surface area contributed by atoms with E-state index in [2.05, 4.69) is 34.1 Å². The van der Waals surface area contributed by atoms with Gasteiger partial charge in [-0.2, -0.15) is 0 Å². The minimum absolute atomic E-state index is 0.174. The third-order valence-corrected chi connectivity index (χ3v) is 6.88. The van der Waals surface area contributed by atoms with Gasteiger partial charge in [0, 0.05) is 19.2 Å². The van der Waals surface area contributed by atoms with Crippen LogP contribution in [0.1, 0.15) is 31.2 Å². The fourth-order valence-corrected chi connectivity index (χ4v) is 5.22. The van der Waals surface area contributed by atoms with Gasteiger partial charge in [-0.1, -0.05) is 60.7 Å². The second kappa shape index (κ2) is 9.42. The molecule has 0 spiro atoms. The van der Waals surface area contributed by atoms with E-state index in [4.69, 9.17) is 24.9 Å². The molecule has 4 atom stereocenters. The summed E-state index contributed by atoms with van der Waals surface area (Å²) in [5.74, 6) is -0.0438. The molecular weight excluding hydrogens is 470 g/mol. The highest BCUT2D eigenvalue weighted by Crippen LogP contribution is 2.44. The highest BCUT2D eigenvalue weighted by Gasteiger charge is 2.56. The minimum Gasteiger partial charge on any atom is -0.397 e. The van der Waals surface area contributed by atoms with E-state index in [-0.39, 0.29) is 6.61 Å². The second-order valence-electron chi connectivity index (χ2n) is 10.0. The van der Waals surface area contributed by atoms with E-state index in [0.717, 1.165) is 5.82 Å². The van der Waals surface area contributed by atoms with Gasteiger partial charge < -0.3 is 30.0 Å². The Morgan fingerprint density at radius 2 is 1.59 bits per heavy atom. The first-order chi connectivity index (χ1) is 17.9. The number of aliphatic hydroxyl groups is 1. The molecule has 37 heavy (non-hydrogen) atoms. The lowest BCUT2D eigenvalue weighted by Gasteiger charge is -2.26. The number of fused-ring (bicyclic) bond motifs is 2. The van der Waals surface area contributed by atoms with Crippen molar-refractivity contribution in [1.82, 2.24) is 14.5 Å². The number of rotatable bonds is 7. The molecule has 2 aliphatic rings. The van der Waals surface area contributed by atoms with E-state index in [1.54, 1.807) is 6.33 Å². The number of pyridine rings is 1. The summed E-state index contributed by atoms with van der Waals surface area (Å²) in [6.07, 6.45) is -0.209. The average molecular weight is 502 g/mol. The molecule has 0 unspecified atom stereocenters. The summed E-state index contributed by atoms with van der Waals surface area (Å²) in [5, 5.41) is 9.93. The predicted octanol–water partition coefficient (Wildman–Crippen LogP) is 3.63. The number of ether oxygens (including phenoxy) is 3. The molecule has 6 rings (SSSR count). The van der Waals surface area contributed by atoms with E-state index < -0.39 is 30.3 Å². The molecular formula is C28H31N5O4. The number of hydrogen-bond donors (Lipinski definition) is 2. The number of nitrogen functional groups attached to an aromatic ring is 1. The summed E-state index contributed by atoms with van der Waals surface area (Å²) in [6, 6.07) is 22.4. The molecule has 0 bridgehead atoms. The molecule has 0 amide bonds. The fourth-order valence-electron chi connectivity index (χ4n) is 5.22. The summed E-state index contributed by atoms with van der Waals surface area (Å²) >= 11 is 0. The van der Waals surface area contributed by atoms with Gasteiger partial charge >= 0.3 is 0 Å². The van der Waals surface area contributed by atoms with E-state index in [1.165, 1.54) is 11.1 Å². The van der Waals surface area contributed by atoms with Crippen LogP contribution < -0.4 is 10.6 Å². The molecule has 0 aliphatic carbocycles. The average Bonchev–Trinajstić information content (AvgIpc) is 3.55. The Morgan fingerprint density at radius 1 is 0.973 bits per heavy atom. The highest BCUT2D eigenvalue weighted by atomic mass is 16.8. The molecule has 0 saturated carbocycles. The molecule has 4 heterocycles. The zero-order chi connectivity index (χ0) is 25.6. The van der Waals surface area contributed by atoms with E-state index in [9.17, 15) is 5.11 Å². The second-order valence-corrected chi connectivity index (χ2v) is 10.0. The van der Waals surface area contributed by atoms with Gasteiger partial charge in [0.05, 0.1) is 18.6 Å². The molecule has 3 N–H and O–H groups in total. The lowest BCUT2D eigenvalue weighted by atomic mass is 10.1. The van der Waals surface area contributed by atoms with Gasteiger partial charge in [-0.25, -0.2) is 9.97 Å². The molecule has 2 fully saturated rings. The zero-order valence-corrected chi connectivity index (χ0v) is 20.9. The first-order valence-corrected chi connectivity index (χ1v) is 12.5. The Morgan fingerprint density at radius 3 is 2.22 bits per heavy atom. The Bertz CT molecular complexity index is 1340. The standard InChI is InChI=1S/C28H31N5O4/c1-28(2)36-24-21(16-34)35-27(25(24)37-28)33-17-30-23-20(29)13-22(31-26(23)33)32(14-18-9-5-3-6-10-18)15-19-11-7-4-8-12-19/h3-13,17,21,24-25,27,34H,14-16H2,1-2H3,(H2,29,31)/t21-,24-,25-,27-/m1/s1. The number of hydrogen-bond acceptors (Lipinski definition) is 8. The lowest BCUT2D eigenvalue weighted by molar-refractivity contribution is -0.199. The zero-order valence-electron chi connectivity index (χ0n) is 20.9. The van der Waals surface area contributed by atoms with Crippen molar-refractivity contribution >= 4 is 22.7 Å². The van der Waals surface area contributed by atoms with Crippen molar-refractivity contribution < 1.29 is 19.3 Å². The van der Waals surface area contributed by atoms with Crippen molar-refractivity contribution in [3.8, 4) is 0 Å². The monoisotopic (exact) mass is 501 g/mol. The molecule has 9 heteroatoms. The van der Waals surface area contributed by atoms with Gasteiger partial charge in [0.1, 0.15) is 29.6 Å². The van der Waals surface area contributed by atoms with Crippen molar-refractivity contribution in [3.05, 3.63) is 84.2 Å². The SMILES string of the molecule is CC1(C)O[C@@H]2[C@H](O1)[C@@H](CO)O[C@H]2n1cnc2c(N)cc(N(Cc3ccccc3)Cc3ccccc3)nc21. The van der Waals surface area contributed by atoms with E-state index in [0.29, 0.717) is 29.9 Å². The maximum absolute atomic E-state index is 9.93. The maximum Gasteiger partial charge on any atom is 0.166 e. The van der Waals surface area contributed by atoms with Crippen LogP contribution in [-0.2, 0) is 27.3 Å². The van der Waals surface area contributed by atoms with Crippen molar-refractivity contribution in [1.29, 1.82) is 0 Å². The summed E-state index contributed by atoms with van der Waals surface area (Å²) in [4.78, 5) is 11.8. The molecule has 4 aromatic rings. The van der Waals surface area contributed by atoms with Crippen LogP contribution in [0, 0.1) is 0 Å². The molecule has 2 aromatic carbocycles. The van der Waals surface area contributed by atoms with Crippen LogP contribution in [0.5, 0.6) is 0 Å². The Balaban J connectivity index is 1.40. The fraction of sp³-hybridized carbons (Fsp3) is 0.357. The van der Waals surface area contributed by atoms with E-state index in [1.807, 2.05) is 60.9 Å². The predicted molar refractivity (Wildman–Crippen MR) is 140 cm³/mol. The number of nitrogens with zero attached hydrogens (tertiary/aromatic N) is 4. The van der Waals surface area contributed by atoms with Crippen LogP contribution in [-0.4, -0.2) is 50.3 Å². The van der Waals surface area contributed by atoms with Gasteiger partial charge in [-0.3, -0.25) is 4.57 Å². The number of anilines is 2. The van der Waals surface area contributed by atoms with Crippen LogP contribution in [0.4, 0.5) is 11.5 Å². The van der Waals surface area contributed by atoms with Crippen molar-refractivity contribution in [2.45, 2.75) is 57.3 Å². The normalized spacial score (nSPS) is 24.4. The molecule has 2 aromatic heterocycles. The Labute approximate surface area is 215 Å². The molecule has 192 valence electrons. The summed E-state index contributed by atoms with van der Waals surface area (Å²) < 4.78 is 20.2. The van der Waals surface area contributed by atoms with Crippen molar-refractivity contribution in [3.63, 3.8) is 0 Å². The van der Waals surface area contributed by atoms with Crippen molar-refractivity contribution in [2.24, 2.45) is 0 Å². The maximum atomic E-state index is 9.93. The smallest absolute Gasteiger partial charge is 0.166 e. The number of aliphatic hydroxyl groups excluding tert-OH is 1. The number of nitrogens with two attached hydrogens (primary N) is 1. The number of aromatic nitrogens is 3. The topological polar surface area (TPSA) is 108 Å². The Kier molecular flexibility index (Phi) is 6.08. The lowest BCUT2D eigenvalue weighted by Crippen LogP contribution is -2.31. The van der Waals surface area contributed by atoms with Gasteiger partial charge in [-0.15, -0.1) is 0 Å². The van der Waals surface area contributed by atoms with Crippen LogP contribution in [0.3, 0.4) is 0 Å².